The van der Waals surface area contributed by atoms with Gasteiger partial charge in [-0.3, -0.25) is 14.3 Å². The van der Waals surface area contributed by atoms with Crippen molar-refractivity contribution in [2.45, 2.75) is 6.54 Å². The van der Waals surface area contributed by atoms with Gasteiger partial charge in [0.05, 0.1) is 20.5 Å². The minimum Gasteiger partial charge on any atom is -0.358 e. The molecule has 100 valence electrons. The summed E-state index contributed by atoms with van der Waals surface area (Å²) in [5.74, 6) is -0.349. The molecule has 0 aromatic carbocycles. The molecule has 0 radical (unpaired) electrons. The Morgan fingerprint density at radius 3 is 2.89 bits per heavy atom. The zero-order chi connectivity index (χ0) is 13.8. The van der Waals surface area contributed by atoms with Gasteiger partial charge >= 0.3 is 0 Å². The van der Waals surface area contributed by atoms with Crippen molar-refractivity contribution in [1.29, 1.82) is 0 Å². The van der Waals surface area contributed by atoms with Gasteiger partial charge in [-0.2, -0.15) is 5.10 Å². The lowest BCUT2D eigenvalue weighted by Crippen LogP contribution is -2.23. The molecule has 0 spiro atoms. The second-order valence-electron chi connectivity index (χ2n) is 3.66. The van der Waals surface area contributed by atoms with E-state index in [-0.39, 0.29) is 18.4 Å². The normalized spacial score (nSPS) is 10.2. The van der Waals surface area contributed by atoms with E-state index in [0.29, 0.717) is 10.6 Å². The van der Waals surface area contributed by atoms with Crippen LogP contribution >= 0.6 is 27.3 Å². The first kappa shape index (κ1) is 13.8. The molecule has 2 N–H and O–H groups in total. The Hall–Kier alpha value is -1.67. The predicted octanol–water partition coefficient (Wildman–Crippen LogP) is 1.71. The lowest BCUT2D eigenvalue weighted by atomic mass is 10.4. The molecular weight excluding hydrogens is 332 g/mol. The average molecular weight is 343 g/mol. The minimum atomic E-state index is -0.199. The number of thiophene rings is 1. The summed E-state index contributed by atoms with van der Waals surface area (Å²) in [6.07, 6.45) is 3.11. The summed E-state index contributed by atoms with van der Waals surface area (Å²) in [6.45, 7) is 0.122. The van der Waals surface area contributed by atoms with Gasteiger partial charge in [0, 0.05) is 13.2 Å². The second-order valence-corrected chi connectivity index (χ2v) is 6.12. The Balaban J connectivity index is 2.00. The summed E-state index contributed by atoms with van der Waals surface area (Å²) in [4.78, 5) is 23.7. The van der Waals surface area contributed by atoms with E-state index in [1.165, 1.54) is 22.2 Å². The Kier molecular flexibility index (Phi) is 4.33. The molecule has 0 atom stereocenters. The number of halogens is 1. The number of nitrogens with zero attached hydrogens (tertiary/aromatic N) is 2. The average Bonchev–Trinajstić information content (AvgIpc) is 2.98. The van der Waals surface area contributed by atoms with Crippen LogP contribution < -0.4 is 10.6 Å². The third-order valence-electron chi connectivity index (χ3n) is 2.27. The van der Waals surface area contributed by atoms with Crippen molar-refractivity contribution in [2.24, 2.45) is 0 Å². The number of rotatable bonds is 4. The lowest BCUT2D eigenvalue weighted by molar-refractivity contribution is -0.121. The maximum Gasteiger partial charge on any atom is 0.265 e. The van der Waals surface area contributed by atoms with Gasteiger partial charge in [-0.1, -0.05) is 0 Å². The molecule has 19 heavy (non-hydrogen) atoms. The molecule has 0 fully saturated rings. The van der Waals surface area contributed by atoms with Gasteiger partial charge in [0.1, 0.15) is 6.54 Å². The first-order valence-corrected chi connectivity index (χ1v) is 6.99. The fourth-order valence-corrected chi connectivity index (χ4v) is 2.65. The number of carbonyl (C=O) groups excluding carboxylic acids is 2. The number of likely N-dealkylation sites (N-methyl/N-ethyl adjacent to an activating group) is 1. The van der Waals surface area contributed by atoms with Crippen molar-refractivity contribution in [2.75, 3.05) is 12.4 Å². The third-order valence-corrected chi connectivity index (χ3v) is 3.89. The fraction of sp³-hybridized carbons (Fsp3) is 0.182. The topological polar surface area (TPSA) is 76.0 Å². The number of amides is 2. The number of aromatic nitrogens is 2. The van der Waals surface area contributed by atoms with Crippen LogP contribution in [0.15, 0.2) is 28.3 Å². The van der Waals surface area contributed by atoms with E-state index in [1.54, 1.807) is 19.3 Å². The zero-order valence-corrected chi connectivity index (χ0v) is 12.4. The van der Waals surface area contributed by atoms with Crippen LogP contribution in [0.3, 0.4) is 0 Å². The maximum atomic E-state index is 11.9. The summed E-state index contributed by atoms with van der Waals surface area (Å²) in [5, 5.41) is 9.21. The van der Waals surface area contributed by atoms with Crippen LogP contribution in [0.25, 0.3) is 0 Å². The summed E-state index contributed by atoms with van der Waals surface area (Å²) < 4.78 is 2.35. The van der Waals surface area contributed by atoms with Crippen molar-refractivity contribution in [3.8, 4) is 0 Å². The zero-order valence-electron chi connectivity index (χ0n) is 10.0. The van der Waals surface area contributed by atoms with Crippen LogP contribution in [0, 0.1) is 0 Å². The molecule has 8 heteroatoms. The van der Waals surface area contributed by atoms with Crippen molar-refractivity contribution < 1.29 is 9.59 Å². The molecule has 2 rings (SSSR count). The van der Waals surface area contributed by atoms with E-state index in [0.717, 1.165) is 3.79 Å². The highest BCUT2D eigenvalue weighted by molar-refractivity contribution is 9.11. The first-order chi connectivity index (χ1) is 9.08. The maximum absolute atomic E-state index is 11.9. The molecule has 0 aliphatic heterocycles. The van der Waals surface area contributed by atoms with Crippen molar-refractivity contribution in [1.82, 2.24) is 15.1 Å². The Labute approximate surface area is 121 Å². The highest BCUT2D eigenvalue weighted by Crippen LogP contribution is 2.22. The number of carbonyl (C=O) groups is 2. The molecule has 2 heterocycles. The van der Waals surface area contributed by atoms with Crippen molar-refractivity contribution in [3.63, 3.8) is 0 Å². The molecule has 2 aromatic heterocycles. The molecule has 0 saturated carbocycles. The van der Waals surface area contributed by atoms with Crippen LogP contribution in [0.5, 0.6) is 0 Å². The molecule has 0 bridgehead atoms. The summed E-state index contributed by atoms with van der Waals surface area (Å²) >= 11 is 4.65. The van der Waals surface area contributed by atoms with Crippen molar-refractivity contribution in [3.05, 3.63) is 33.2 Å². The Bertz CT molecular complexity index is 607. The quantitative estimate of drug-likeness (QED) is 0.887. The van der Waals surface area contributed by atoms with E-state index in [1.807, 2.05) is 6.07 Å². The minimum absolute atomic E-state index is 0.122. The van der Waals surface area contributed by atoms with E-state index >= 15 is 0 Å². The monoisotopic (exact) mass is 342 g/mol. The van der Waals surface area contributed by atoms with Crippen LogP contribution in [-0.4, -0.2) is 28.6 Å². The number of hydrogen-bond acceptors (Lipinski definition) is 4. The van der Waals surface area contributed by atoms with Crippen LogP contribution in [0.2, 0.25) is 0 Å². The molecule has 6 nitrogen and oxygen atoms in total. The van der Waals surface area contributed by atoms with Crippen LogP contribution in [0.4, 0.5) is 5.69 Å². The smallest absolute Gasteiger partial charge is 0.265 e. The molecule has 0 aliphatic carbocycles. The second kappa shape index (κ2) is 5.98. The summed E-state index contributed by atoms with van der Waals surface area (Å²) in [5.41, 5.74) is 0.554. The predicted molar refractivity (Wildman–Crippen MR) is 76.3 cm³/mol. The number of hydrogen-bond donors (Lipinski definition) is 2. The van der Waals surface area contributed by atoms with Gasteiger partial charge in [0.15, 0.2) is 0 Å². The van der Waals surface area contributed by atoms with Gasteiger partial charge < -0.3 is 10.6 Å². The first-order valence-electron chi connectivity index (χ1n) is 5.38. The number of anilines is 1. The summed E-state index contributed by atoms with van der Waals surface area (Å²) in [6, 6.07) is 3.55. The van der Waals surface area contributed by atoms with Crippen LogP contribution in [-0.2, 0) is 11.3 Å². The Morgan fingerprint density at radius 1 is 1.47 bits per heavy atom. The lowest BCUT2D eigenvalue weighted by Gasteiger charge is -2.00. The largest absolute Gasteiger partial charge is 0.358 e. The van der Waals surface area contributed by atoms with Gasteiger partial charge in [-0.25, -0.2) is 0 Å². The van der Waals surface area contributed by atoms with Crippen molar-refractivity contribution >= 4 is 44.8 Å². The molecule has 2 amide bonds. The molecule has 0 saturated heterocycles. The van der Waals surface area contributed by atoms with Crippen LogP contribution in [0.1, 0.15) is 9.67 Å². The SMILES string of the molecule is CNC(=O)Cn1cc(NC(=O)c2ccc(Br)s2)cn1. The Morgan fingerprint density at radius 2 is 2.26 bits per heavy atom. The highest BCUT2D eigenvalue weighted by atomic mass is 79.9. The molecule has 0 aliphatic rings. The molecular formula is C11H11BrN4O2S. The van der Waals surface area contributed by atoms with E-state index in [4.69, 9.17) is 0 Å². The third kappa shape index (κ3) is 3.65. The molecule has 0 unspecified atom stereocenters. The fourth-order valence-electron chi connectivity index (χ4n) is 1.37. The van der Waals surface area contributed by atoms with Gasteiger partial charge in [-0.05, 0) is 28.1 Å². The van der Waals surface area contributed by atoms with Gasteiger partial charge in [0.25, 0.3) is 5.91 Å². The van der Waals surface area contributed by atoms with Gasteiger partial charge in [-0.15, -0.1) is 11.3 Å². The van der Waals surface area contributed by atoms with E-state index in [2.05, 4.69) is 31.7 Å². The van der Waals surface area contributed by atoms with Gasteiger partial charge in [0.2, 0.25) is 5.91 Å². The van der Waals surface area contributed by atoms with E-state index < -0.39 is 0 Å². The molecule has 2 aromatic rings. The number of nitrogens with one attached hydrogen (secondary N) is 2. The summed E-state index contributed by atoms with van der Waals surface area (Å²) in [7, 11) is 1.56. The standard InChI is InChI=1S/C11H11BrN4O2S/c1-13-10(17)6-16-5-7(4-14-16)15-11(18)8-2-3-9(12)19-8/h2-5H,6H2,1H3,(H,13,17)(H,15,18). The van der Waals surface area contributed by atoms with E-state index in [9.17, 15) is 9.59 Å². The highest BCUT2D eigenvalue weighted by Gasteiger charge is 2.10.